The average Bonchev–Trinajstić information content (AvgIpc) is 2.73. The molecule has 0 saturated heterocycles. The lowest BCUT2D eigenvalue weighted by Crippen LogP contribution is -2.10. The van der Waals surface area contributed by atoms with Crippen LogP contribution in [0.25, 0.3) is 10.9 Å². The Labute approximate surface area is 95.8 Å². The number of aromatic amines is 1. The first-order valence-corrected chi connectivity index (χ1v) is 5.84. The van der Waals surface area contributed by atoms with E-state index in [2.05, 4.69) is 17.1 Å². The Bertz CT molecular complexity index is 447. The summed E-state index contributed by atoms with van der Waals surface area (Å²) < 4.78 is 0. The smallest absolute Gasteiger partial charge is 0.0457 e. The van der Waals surface area contributed by atoms with Crippen molar-refractivity contribution in [3.63, 3.8) is 0 Å². The predicted octanol–water partition coefficient (Wildman–Crippen LogP) is 2.30. The van der Waals surface area contributed by atoms with Gasteiger partial charge in [0.15, 0.2) is 0 Å². The molecule has 1 atom stereocenters. The maximum atomic E-state index is 6.19. The zero-order chi connectivity index (χ0) is 11.4. The van der Waals surface area contributed by atoms with Gasteiger partial charge >= 0.3 is 0 Å². The number of rotatable bonds is 5. The van der Waals surface area contributed by atoms with Crippen molar-refractivity contribution < 1.29 is 0 Å². The summed E-state index contributed by atoms with van der Waals surface area (Å²) in [6.45, 7) is 0.751. The first kappa shape index (κ1) is 11.2. The third-order valence-corrected chi connectivity index (χ3v) is 2.99. The number of H-pyrrole nitrogens is 1. The van der Waals surface area contributed by atoms with Crippen molar-refractivity contribution in [2.24, 2.45) is 11.5 Å². The van der Waals surface area contributed by atoms with Crippen LogP contribution >= 0.6 is 0 Å². The molecule has 3 nitrogen and oxygen atoms in total. The minimum absolute atomic E-state index is 0.114. The van der Waals surface area contributed by atoms with E-state index in [4.69, 9.17) is 11.5 Å². The lowest BCUT2D eigenvalue weighted by Gasteiger charge is -2.10. The summed E-state index contributed by atoms with van der Waals surface area (Å²) in [5, 5.41) is 1.24. The molecule has 2 rings (SSSR count). The largest absolute Gasteiger partial charge is 0.361 e. The molecule has 0 aliphatic carbocycles. The summed E-state index contributed by atoms with van der Waals surface area (Å²) in [4.78, 5) is 3.25. The Kier molecular flexibility index (Phi) is 3.59. The van der Waals surface area contributed by atoms with E-state index in [9.17, 15) is 0 Å². The van der Waals surface area contributed by atoms with Crippen LogP contribution in [0.3, 0.4) is 0 Å². The highest BCUT2D eigenvalue weighted by Gasteiger charge is 2.10. The number of para-hydroxylation sites is 1. The van der Waals surface area contributed by atoms with Gasteiger partial charge < -0.3 is 16.5 Å². The molecule has 16 heavy (non-hydrogen) atoms. The zero-order valence-corrected chi connectivity index (χ0v) is 9.45. The third-order valence-electron chi connectivity index (χ3n) is 2.99. The number of nitrogens with one attached hydrogen (secondary N) is 1. The van der Waals surface area contributed by atoms with Gasteiger partial charge in [0.05, 0.1) is 0 Å². The molecular weight excluding hydrogens is 198 g/mol. The minimum Gasteiger partial charge on any atom is -0.361 e. The molecule has 1 aromatic carbocycles. The molecule has 0 fully saturated rings. The molecule has 0 aliphatic heterocycles. The number of aromatic nitrogens is 1. The maximum absolute atomic E-state index is 6.19. The van der Waals surface area contributed by atoms with Gasteiger partial charge in [0.25, 0.3) is 0 Å². The highest BCUT2D eigenvalue weighted by molar-refractivity contribution is 5.83. The van der Waals surface area contributed by atoms with E-state index < -0.39 is 0 Å². The van der Waals surface area contributed by atoms with E-state index >= 15 is 0 Å². The molecule has 3 heteroatoms. The summed E-state index contributed by atoms with van der Waals surface area (Å²) in [6, 6.07) is 8.38. The van der Waals surface area contributed by atoms with Crippen molar-refractivity contribution in [3.05, 3.63) is 36.0 Å². The predicted molar refractivity (Wildman–Crippen MR) is 68.1 cm³/mol. The van der Waals surface area contributed by atoms with Gasteiger partial charge in [-0.15, -0.1) is 0 Å². The zero-order valence-electron chi connectivity index (χ0n) is 9.45. The molecule has 0 spiro atoms. The Balaban J connectivity index is 2.13. The molecule has 0 radical (unpaired) electrons. The van der Waals surface area contributed by atoms with E-state index in [1.54, 1.807) is 0 Å². The Morgan fingerprint density at radius 3 is 2.81 bits per heavy atom. The van der Waals surface area contributed by atoms with Crippen LogP contribution in [-0.4, -0.2) is 11.5 Å². The fourth-order valence-electron chi connectivity index (χ4n) is 2.06. The summed E-state index contributed by atoms with van der Waals surface area (Å²) >= 11 is 0. The third kappa shape index (κ3) is 2.26. The number of hydrogen-bond donors (Lipinski definition) is 3. The number of hydrogen-bond acceptors (Lipinski definition) is 2. The van der Waals surface area contributed by atoms with Gasteiger partial charge in [0.1, 0.15) is 0 Å². The molecule has 2 aromatic rings. The lowest BCUT2D eigenvalue weighted by atomic mass is 10.0. The van der Waals surface area contributed by atoms with E-state index in [0.717, 1.165) is 31.3 Å². The molecule has 0 aliphatic rings. The monoisotopic (exact) mass is 217 g/mol. The molecule has 1 aromatic heterocycles. The second kappa shape index (κ2) is 5.14. The van der Waals surface area contributed by atoms with Gasteiger partial charge in [-0.2, -0.15) is 0 Å². The van der Waals surface area contributed by atoms with Crippen LogP contribution in [0.1, 0.15) is 30.9 Å². The number of fused-ring (bicyclic) bond motifs is 1. The van der Waals surface area contributed by atoms with Crippen LogP contribution in [0.15, 0.2) is 30.5 Å². The van der Waals surface area contributed by atoms with Crippen molar-refractivity contribution in [2.45, 2.75) is 25.3 Å². The summed E-state index contributed by atoms with van der Waals surface area (Å²) in [5.74, 6) is 0. The molecule has 0 bridgehead atoms. The molecule has 0 unspecified atom stereocenters. The molecule has 1 heterocycles. The Hall–Kier alpha value is -1.32. The molecule has 0 amide bonds. The molecule has 0 saturated carbocycles. The van der Waals surface area contributed by atoms with Crippen LogP contribution < -0.4 is 11.5 Å². The highest BCUT2D eigenvalue weighted by Crippen LogP contribution is 2.25. The summed E-state index contributed by atoms with van der Waals surface area (Å²) in [7, 11) is 0. The van der Waals surface area contributed by atoms with Crippen molar-refractivity contribution in [1.29, 1.82) is 0 Å². The lowest BCUT2D eigenvalue weighted by molar-refractivity contribution is 0.594. The van der Waals surface area contributed by atoms with Gasteiger partial charge in [0, 0.05) is 23.1 Å². The average molecular weight is 217 g/mol. The number of benzene rings is 1. The maximum Gasteiger partial charge on any atom is 0.0457 e. The Morgan fingerprint density at radius 1 is 1.19 bits per heavy atom. The van der Waals surface area contributed by atoms with Gasteiger partial charge in [-0.1, -0.05) is 24.6 Å². The first-order chi connectivity index (χ1) is 7.83. The van der Waals surface area contributed by atoms with Crippen LogP contribution in [0, 0.1) is 0 Å². The first-order valence-electron chi connectivity index (χ1n) is 5.84. The number of unbranched alkanes of at least 4 members (excludes halogenated alkanes) is 1. The van der Waals surface area contributed by atoms with Gasteiger partial charge in [-0.25, -0.2) is 0 Å². The standard InChI is InChI=1S/C13H19N3/c14-8-4-3-6-12(15)11-9-16-13-7-2-1-5-10(11)13/h1-2,5,7,9,12,16H,3-4,6,8,14-15H2/t12-/m1/s1. The Morgan fingerprint density at radius 2 is 2.00 bits per heavy atom. The van der Waals surface area contributed by atoms with Crippen molar-refractivity contribution >= 4 is 10.9 Å². The van der Waals surface area contributed by atoms with E-state index in [1.165, 1.54) is 10.9 Å². The summed E-state index contributed by atoms with van der Waals surface area (Å²) in [5.41, 5.74) is 14.0. The van der Waals surface area contributed by atoms with Crippen molar-refractivity contribution in [3.8, 4) is 0 Å². The van der Waals surface area contributed by atoms with E-state index in [-0.39, 0.29) is 6.04 Å². The van der Waals surface area contributed by atoms with Crippen LogP contribution in [-0.2, 0) is 0 Å². The van der Waals surface area contributed by atoms with Crippen molar-refractivity contribution in [1.82, 2.24) is 4.98 Å². The molecule has 5 N–H and O–H groups in total. The fourth-order valence-corrected chi connectivity index (χ4v) is 2.06. The highest BCUT2D eigenvalue weighted by atomic mass is 14.7. The molecular formula is C13H19N3. The quantitative estimate of drug-likeness (QED) is 0.673. The molecule has 86 valence electrons. The van der Waals surface area contributed by atoms with Crippen molar-refractivity contribution in [2.75, 3.05) is 6.54 Å². The van der Waals surface area contributed by atoms with E-state index in [0.29, 0.717) is 0 Å². The van der Waals surface area contributed by atoms with Crippen LogP contribution in [0.4, 0.5) is 0 Å². The second-order valence-corrected chi connectivity index (χ2v) is 4.18. The topological polar surface area (TPSA) is 67.8 Å². The summed E-state index contributed by atoms with van der Waals surface area (Å²) in [6.07, 6.45) is 5.17. The van der Waals surface area contributed by atoms with Gasteiger partial charge in [-0.05, 0) is 31.0 Å². The van der Waals surface area contributed by atoms with Gasteiger partial charge in [0.2, 0.25) is 0 Å². The van der Waals surface area contributed by atoms with Gasteiger partial charge in [-0.3, -0.25) is 0 Å². The van der Waals surface area contributed by atoms with Crippen LogP contribution in [0.2, 0.25) is 0 Å². The van der Waals surface area contributed by atoms with E-state index in [1.807, 2.05) is 18.3 Å². The SMILES string of the molecule is NCCCC[C@@H](N)c1c[nH]c2ccccc12. The second-order valence-electron chi connectivity index (χ2n) is 4.18. The number of nitrogens with two attached hydrogens (primary N) is 2. The normalized spacial score (nSPS) is 13.1. The minimum atomic E-state index is 0.114. The van der Waals surface area contributed by atoms with Crippen LogP contribution in [0.5, 0.6) is 0 Å². The fraction of sp³-hybridized carbons (Fsp3) is 0.385.